The highest BCUT2D eigenvalue weighted by Crippen LogP contribution is 2.33. The molecule has 18 heavy (non-hydrogen) atoms. The molecule has 0 amide bonds. The first-order chi connectivity index (χ1) is 8.67. The van der Waals surface area contributed by atoms with Gasteiger partial charge in [-0.3, -0.25) is 0 Å². The van der Waals surface area contributed by atoms with Gasteiger partial charge in [-0.2, -0.15) is 0 Å². The van der Waals surface area contributed by atoms with E-state index in [2.05, 4.69) is 18.8 Å². The van der Waals surface area contributed by atoms with Gasteiger partial charge >= 0.3 is 0 Å². The van der Waals surface area contributed by atoms with Crippen molar-refractivity contribution >= 4 is 0 Å². The van der Waals surface area contributed by atoms with E-state index in [9.17, 15) is 5.11 Å². The van der Waals surface area contributed by atoms with Gasteiger partial charge in [0.1, 0.15) is 12.0 Å². The minimum absolute atomic E-state index is 0.0746. The molecule has 1 heterocycles. The van der Waals surface area contributed by atoms with E-state index in [1.807, 2.05) is 18.2 Å². The molecule has 0 aliphatic carbocycles. The molecule has 0 aliphatic rings. The SMILES string of the molecule is COc1c(CO)cccc1-c1nc(C(C)C)co1. The van der Waals surface area contributed by atoms with Crippen LogP contribution in [-0.2, 0) is 6.61 Å². The summed E-state index contributed by atoms with van der Waals surface area (Å²) >= 11 is 0. The number of hydrogen-bond donors (Lipinski definition) is 1. The van der Waals surface area contributed by atoms with Gasteiger partial charge in [0.25, 0.3) is 0 Å². The van der Waals surface area contributed by atoms with Crippen LogP contribution < -0.4 is 4.74 Å². The summed E-state index contributed by atoms with van der Waals surface area (Å²) < 4.78 is 10.8. The summed E-state index contributed by atoms with van der Waals surface area (Å²) in [7, 11) is 1.57. The van der Waals surface area contributed by atoms with E-state index in [0.29, 0.717) is 17.6 Å². The molecule has 4 heteroatoms. The van der Waals surface area contributed by atoms with Crippen molar-refractivity contribution in [2.75, 3.05) is 7.11 Å². The van der Waals surface area contributed by atoms with E-state index in [1.165, 1.54) is 0 Å². The first kappa shape index (κ1) is 12.6. The molecular formula is C14H17NO3. The molecule has 0 radical (unpaired) electrons. The molecule has 0 bridgehead atoms. The number of oxazole rings is 1. The minimum atomic E-state index is -0.0746. The van der Waals surface area contributed by atoms with E-state index in [-0.39, 0.29) is 6.61 Å². The van der Waals surface area contributed by atoms with Crippen molar-refractivity contribution < 1.29 is 14.3 Å². The molecule has 0 spiro atoms. The second kappa shape index (κ2) is 5.23. The zero-order chi connectivity index (χ0) is 13.1. The van der Waals surface area contributed by atoms with Gasteiger partial charge in [-0.25, -0.2) is 4.98 Å². The van der Waals surface area contributed by atoms with Crippen molar-refractivity contribution in [3.8, 4) is 17.2 Å². The molecule has 1 aromatic carbocycles. The van der Waals surface area contributed by atoms with E-state index in [1.54, 1.807) is 13.4 Å². The van der Waals surface area contributed by atoms with Crippen LogP contribution >= 0.6 is 0 Å². The van der Waals surface area contributed by atoms with Crippen LogP contribution in [0, 0.1) is 0 Å². The van der Waals surface area contributed by atoms with Gasteiger partial charge < -0.3 is 14.3 Å². The lowest BCUT2D eigenvalue weighted by Crippen LogP contribution is -1.95. The first-order valence-electron chi connectivity index (χ1n) is 5.90. The van der Waals surface area contributed by atoms with Crippen LogP contribution in [0.2, 0.25) is 0 Å². The molecule has 0 saturated heterocycles. The smallest absolute Gasteiger partial charge is 0.229 e. The van der Waals surface area contributed by atoms with Gasteiger partial charge in [-0.05, 0) is 12.0 Å². The van der Waals surface area contributed by atoms with Crippen molar-refractivity contribution in [2.24, 2.45) is 0 Å². The highest BCUT2D eigenvalue weighted by Gasteiger charge is 2.15. The van der Waals surface area contributed by atoms with Gasteiger partial charge in [0, 0.05) is 5.56 Å². The van der Waals surface area contributed by atoms with Crippen molar-refractivity contribution in [2.45, 2.75) is 26.4 Å². The Morgan fingerprint density at radius 2 is 2.17 bits per heavy atom. The minimum Gasteiger partial charge on any atom is -0.496 e. The molecule has 0 saturated carbocycles. The predicted molar refractivity (Wildman–Crippen MR) is 68.5 cm³/mol. The molecular weight excluding hydrogens is 230 g/mol. The number of rotatable bonds is 4. The molecule has 4 nitrogen and oxygen atoms in total. The molecule has 96 valence electrons. The Labute approximate surface area is 106 Å². The fourth-order valence-electron chi connectivity index (χ4n) is 1.79. The second-order valence-electron chi connectivity index (χ2n) is 4.39. The third kappa shape index (κ3) is 2.24. The Hall–Kier alpha value is -1.81. The zero-order valence-corrected chi connectivity index (χ0v) is 10.8. The van der Waals surface area contributed by atoms with Crippen molar-refractivity contribution in [1.29, 1.82) is 0 Å². The summed E-state index contributed by atoms with van der Waals surface area (Å²) in [4.78, 5) is 4.44. The number of hydrogen-bond acceptors (Lipinski definition) is 4. The van der Waals surface area contributed by atoms with Gasteiger partial charge in [0.15, 0.2) is 0 Å². The van der Waals surface area contributed by atoms with Gasteiger partial charge in [0.2, 0.25) is 5.89 Å². The average Bonchev–Trinajstić information content (AvgIpc) is 2.87. The molecule has 1 N–H and O–H groups in total. The number of nitrogens with zero attached hydrogens (tertiary/aromatic N) is 1. The van der Waals surface area contributed by atoms with E-state index in [4.69, 9.17) is 9.15 Å². The number of benzene rings is 1. The molecule has 0 fully saturated rings. The number of aliphatic hydroxyl groups is 1. The molecule has 0 unspecified atom stereocenters. The largest absolute Gasteiger partial charge is 0.496 e. The number of aliphatic hydroxyl groups excluding tert-OH is 1. The normalized spacial score (nSPS) is 10.9. The maximum absolute atomic E-state index is 9.28. The highest BCUT2D eigenvalue weighted by atomic mass is 16.5. The summed E-state index contributed by atoms with van der Waals surface area (Å²) in [5.41, 5.74) is 2.39. The highest BCUT2D eigenvalue weighted by molar-refractivity contribution is 5.65. The summed E-state index contributed by atoms with van der Waals surface area (Å²) in [6.45, 7) is 4.04. The Morgan fingerprint density at radius 1 is 1.39 bits per heavy atom. The summed E-state index contributed by atoms with van der Waals surface area (Å²) in [5, 5.41) is 9.28. The number of para-hydroxylation sites is 1. The van der Waals surface area contributed by atoms with Crippen LogP contribution in [0.1, 0.15) is 31.0 Å². The predicted octanol–water partition coefficient (Wildman–Crippen LogP) is 2.97. The van der Waals surface area contributed by atoms with E-state index >= 15 is 0 Å². The summed E-state index contributed by atoms with van der Waals surface area (Å²) in [6.07, 6.45) is 1.66. The van der Waals surface area contributed by atoms with Crippen LogP contribution in [0.25, 0.3) is 11.5 Å². The van der Waals surface area contributed by atoms with Crippen LogP contribution in [0.3, 0.4) is 0 Å². The van der Waals surface area contributed by atoms with Gasteiger partial charge in [-0.1, -0.05) is 26.0 Å². The van der Waals surface area contributed by atoms with Crippen LogP contribution in [-0.4, -0.2) is 17.2 Å². The maximum atomic E-state index is 9.28. The molecule has 2 aromatic rings. The first-order valence-corrected chi connectivity index (χ1v) is 5.90. The Kier molecular flexibility index (Phi) is 3.67. The second-order valence-corrected chi connectivity index (χ2v) is 4.39. The van der Waals surface area contributed by atoms with Crippen molar-refractivity contribution in [1.82, 2.24) is 4.98 Å². The molecule has 1 aromatic heterocycles. The Balaban J connectivity index is 2.49. The van der Waals surface area contributed by atoms with Crippen molar-refractivity contribution in [3.63, 3.8) is 0 Å². The lowest BCUT2D eigenvalue weighted by Gasteiger charge is -2.09. The number of methoxy groups -OCH3 is 1. The quantitative estimate of drug-likeness (QED) is 0.902. The zero-order valence-electron chi connectivity index (χ0n) is 10.8. The average molecular weight is 247 g/mol. The van der Waals surface area contributed by atoms with E-state index < -0.39 is 0 Å². The third-order valence-corrected chi connectivity index (χ3v) is 2.81. The lowest BCUT2D eigenvalue weighted by atomic mass is 10.1. The van der Waals surface area contributed by atoms with Crippen LogP contribution in [0.15, 0.2) is 28.9 Å². The Bertz CT molecular complexity index is 532. The fraction of sp³-hybridized carbons (Fsp3) is 0.357. The van der Waals surface area contributed by atoms with Crippen molar-refractivity contribution in [3.05, 3.63) is 35.7 Å². The summed E-state index contributed by atoms with van der Waals surface area (Å²) in [5.74, 6) is 1.44. The maximum Gasteiger partial charge on any atom is 0.229 e. The topological polar surface area (TPSA) is 55.5 Å². The number of aromatic nitrogens is 1. The van der Waals surface area contributed by atoms with Gasteiger partial charge in [0.05, 0.1) is 25.0 Å². The molecule has 2 rings (SSSR count). The monoisotopic (exact) mass is 247 g/mol. The Morgan fingerprint density at radius 3 is 2.72 bits per heavy atom. The third-order valence-electron chi connectivity index (χ3n) is 2.81. The number of ether oxygens (including phenoxy) is 1. The fourth-order valence-corrected chi connectivity index (χ4v) is 1.79. The summed E-state index contributed by atoms with van der Waals surface area (Å²) in [6, 6.07) is 5.53. The molecule has 0 aliphatic heterocycles. The van der Waals surface area contributed by atoms with E-state index in [0.717, 1.165) is 16.8 Å². The standard InChI is InChI=1S/C14H17NO3/c1-9(2)12-8-18-14(15-12)11-6-4-5-10(7-16)13(11)17-3/h4-6,8-9,16H,7H2,1-3H3. The lowest BCUT2D eigenvalue weighted by molar-refractivity contribution is 0.274. The van der Waals surface area contributed by atoms with Crippen LogP contribution in [0.5, 0.6) is 5.75 Å². The van der Waals surface area contributed by atoms with Gasteiger partial charge in [-0.15, -0.1) is 0 Å². The molecule has 0 atom stereocenters. The van der Waals surface area contributed by atoms with Crippen LogP contribution in [0.4, 0.5) is 0 Å².